The summed E-state index contributed by atoms with van der Waals surface area (Å²) in [6.07, 6.45) is 0. The molecule has 2 rings (SSSR count). The topological polar surface area (TPSA) is 38.0 Å². The molecule has 4 heteroatoms. The van der Waals surface area contributed by atoms with Crippen molar-refractivity contribution < 1.29 is 5.11 Å². The first kappa shape index (κ1) is 10.2. The van der Waals surface area contributed by atoms with Crippen molar-refractivity contribution in [3.63, 3.8) is 0 Å². The first-order chi connectivity index (χ1) is 7.20. The number of aryl methyl sites for hydroxylation is 1. The zero-order valence-corrected chi connectivity index (χ0v) is 9.90. The first-order valence-electron chi connectivity index (χ1n) is 4.73. The highest BCUT2D eigenvalue weighted by molar-refractivity contribution is 9.10. The highest BCUT2D eigenvalue weighted by Crippen LogP contribution is 2.24. The van der Waals surface area contributed by atoms with Crippen molar-refractivity contribution in [3.05, 3.63) is 34.9 Å². The summed E-state index contributed by atoms with van der Waals surface area (Å²) in [5.41, 5.74) is 2.09. The summed E-state index contributed by atoms with van der Waals surface area (Å²) in [4.78, 5) is 0. The van der Waals surface area contributed by atoms with E-state index in [-0.39, 0.29) is 5.75 Å². The number of rotatable bonds is 2. The molecule has 3 nitrogen and oxygen atoms in total. The zero-order valence-electron chi connectivity index (χ0n) is 8.31. The quantitative estimate of drug-likeness (QED) is 0.908. The Morgan fingerprint density at radius 2 is 2.00 bits per heavy atom. The predicted octanol–water partition coefficient (Wildman–Crippen LogP) is 3.04. The summed E-state index contributed by atoms with van der Waals surface area (Å²) in [5, 5.41) is 13.5. The van der Waals surface area contributed by atoms with E-state index in [2.05, 4.69) is 21.0 Å². The number of phenolic OH excluding ortho intramolecular Hbond substituents is 1. The minimum absolute atomic E-state index is 0.278. The molecule has 1 N–H and O–H groups in total. The van der Waals surface area contributed by atoms with Gasteiger partial charge in [-0.1, -0.05) is 0 Å². The van der Waals surface area contributed by atoms with Gasteiger partial charge in [-0.05, 0) is 53.2 Å². The maximum Gasteiger partial charge on any atom is 0.128 e. The largest absolute Gasteiger partial charge is 0.508 e. The molecule has 0 saturated carbocycles. The molecule has 1 heterocycles. The Morgan fingerprint density at radius 1 is 1.33 bits per heavy atom. The molecule has 1 aromatic heterocycles. The SMILES string of the molecule is CCn1nc(Br)cc1-c1ccc(O)cc1. The van der Waals surface area contributed by atoms with Crippen LogP contribution in [0.1, 0.15) is 6.92 Å². The van der Waals surface area contributed by atoms with Crippen LogP contribution in [0.2, 0.25) is 0 Å². The number of nitrogens with zero attached hydrogens (tertiary/aromatic N) is 2. The number of aromatic nitrogens is 2. The van der Waals surface area contributed by atoms with E-state index in [0.717, 1.165) is 22.4 Å². The van der Waals surface area contributed by atoms with Crippen LogP contribution < -0.4 is 0 Å². The Labute approximate surface area is 96.5 Å². The van der Waals surface area contributed by atoms with Gasteiger partial charge in [-0.3, -0.25) is 4.68 Å². The third-order valence-corrected chi connectivity index (χ3v) is 2.60. The summed E-state index contributed by atoms with van der Waals surface area (Å²) < 4.78 is 2.74. The molecule has 0 atom stereocenters. The van der Waals surface area contributed by atoms with Gasteiger partial charge in [0.05, 0.1) is 5.69 Å². The molecule has 0 aliphatic heterocycles. The van der Waals surface area contributed by atoms with Crippen molar-refractivity contribution in [1.29, 1.82) is 0 Å². The van der Waals surface area contributed by atoms with Crippen LogP contribution in [0.5, 0.6) is 5.75 Å². The fourth-order valence-electron chi connectivity index (χ4n) is 1.49. The first-order valence-corrected chi connectivity index (χ1v) is 5.52. The fourth-order valence-corrected chi connectivity index (χ4v) is 1.90. The van der Waals surface area contributed by atoms with Crippen molar-refractivity contribution in [2.24, 2.45) is 0 Å². The summed E-state index contributed by atoms with van der Waals surface area (Å²) in [5.74, 6) is 0.278. The molecule has 2 aromatic rings. The van der Waals surface area contributed by atoms with Crippen LogP contribution in [0.3, 0.4) is 0 Å². The summed E-state index contributed by atoms with van der Waals surface area (Å²) >= 11 is 3.35. The van der Waals surface area contributed by atoms with Gasteiger partial charge in [0.2, 0.25) is 0 Å². The van der Waals surface area contributed by atoms with Gasteiger partial charge in [0.1, 0.15) is 10.4 Å². The third-order valence-electron chi connectivity index (χ3n) is 2.21. The van der Waals surface area contributed by atoms with Gasteiger partial charge in [0.15, 0.2) is 0 Å². The van der Waals surface area contributed by atoms with Crippen molar-refractivity contribution >= 4 is 15.9 Å². The van der Waals surface area contributed by atoms with Crippen LogP contribution in [0.25, 0.3) is 11.3 Å². The van der Waals surface area contributed by atoms with E-state index in [4.69, 9.17) is 0 Å². The molecule has 0 radical (unpaired) electrons. The minimum atomic E-state index is 0.278. The Balaban J connectivity index is 2.48. The van der Waals surface area contributed by atoms with Gasteiger partial charge < -0.3 is 5.11 Å². The average Bonchev–Trinajstić information content (AvgIpc) is 2.61. The lowest BCUT2D eigenvalue weighted by atomic mass is 10.1. The van der Waals surface area contributed by atoms with Gasteiger partial charge in [0, 0.05) is 12.1 Å². The van der Waals surface area contributed by atoms with E-state index >= 15 is 0 Å². The van der Waals surface area contributed by atoms with E-state index in [1.165, 1.54) is 0 Å². The lowest BCUT2D eigenvalue weighted by Crippen LogP contribution is -1.98. The monoisotopic (exact) mass is 266 g/mol. The summed E-state index contributed by atoms with van der Waals surface area (Å²) in [7, 11) is 0. The molecular formula is C11H11BrN2O. The van der Waals surface area contributed by atoms with Gasteiger partial charge in [0.25, 0.3) is 0 Å². The van der Waals surface area contributed by atoms with Crippen molar-refractivity contribution in [2.75, 3.05) is 0 Å². The molecule has 0 unspecified atom stereocenters. The van der Waals surface area contributed by atoms with Crippen LogP contribution in [0.15, 0.2) is 34.9 Å². The van der Waals surface area contributed by atoms with Crippen molar-refractivity contribution in [2.45, 2.75) is 13.5 Å². The highest BCUT2D eigenvalue weighted by Gasteiger charge is 2.06. The molecule has 15 heavy (non-hydrogen) atoms. The summed E-state index contributed by atoms with van der Waals surface area (Å²) in [6, 6.07) is 9.08. The lowest BCUT2D eigenvalue weighted by Gasteiger charge is -2.04. The average molecular weight is 267 g/mol. The van der Waals surface area contributed by atoms with Crippen LogP contribution in [-0.2, 0) is 6.54 Å². The van der Waals surface area contributed by atoms with Crippen molar-refractivity contribution in [3.8, 4) is 17.0 Å². The second kappa shape index (κ2) is 4.06. The Morgan fingerprint density at radius 3 is 2.60 bits per heavy atom. The van der Waals surface area contributed by atoms with E-state index in [1.807, 2.05) is 29.8 Å². The lowest BCUT2D eigenvalue weighted by molar-refractivity contribution is 0.475. The van der Waals surface area contributed by atoms with Gasteiger partial charge in [-0.25, -0.2) is 0 Å². The van der Waals surface area contributed by atoms with E-state index in [0.29, 0.717) is 0 Å². The predicted molar refractivity (Wildman–Crippen MR) is 62.7 cm³/mol. The molecule has 0 aliphatic rings. The van der Waals surface area contributed by atoms with Crippen LogP contribution >= 0.6 is 15.9 Å². The van der Waals surface area contributed by atoms with Gasteiger partial charge >= 0.3 is 0 Å². The van der Waals surface area contributed by atoms with E-state index in [1.54, 1.807) is 12.1 Å². The number of phenols is 1. The third kappa shape index (κ3) is 2.04. The maximum absolute atomic E-state index is 9.20. The smallest absolute Gasteiger partial charge is 0.128 e. The number of halogens is 1. The van der Waals surface area contributed by atoms with Gasteiger partial charge in [-0.2, -0.15) is 5.10 Å². The highest BCUT2D eigenvalue weighted by atomic mass is 79.9. The van der Waals surface area contributed by atoms with E-state index in [9.17, 15) is 5.11 Å². The molecule has 0 saturated heterocycles. The Kier molecular flexibility index (Phi) is 2.77. The molecule has 1 aromatic carbocycles. The zero-order chi connectivity index (χ0) is 10.8. The molecule has 0 aliphatic carbocycles. The molecular weight excluding hydrogens is 256 g/mol. The minimum Gasteiger partial charge on any atom is -0.508 e. The molecule has 0 bridgehead atoms. The van der Waals surface area contributed by atoms with Crippen molar-refractivity contribution in [1.82, 2.24) is 9.78 Å². The molecule has 0 fully saturated rings. The normalized spacial score (nSPS) is 10.5. The number of aromatic hydroxyl groups is 1. The van der Waals surface area contributed by atoms with E-state index < -0.39 is 0 Å². The molecule has 0 spiro atoms. The van der Waals surface area contributed by atoms with Crippen LogP contribution in [0, 0.1) is 0 Å². The van der Waals surface area contributed by atoms with Crippen LogP contribution in [-0.4, -0.2) is 14.9 Å². The standard InChI is InChI=1S/C11H11BrN2O/c1-2-14-10(7-11(12)13-14)8-3-5-9(15)6-4-8/h3-7,15H,2H2,1H3. The molecule has 78 valence electrons. The maximum atomic E-state index is 9.20. The number of hydrogen-bond acceptors (Lipinski definition) is 2. The number of hydrogen-bond donors (Lipinski definition) is 1. The number of benzene rings is 1. The van der Waals surface area contributed by atoms with Gasteiger partial charge in [-0.15, -0.1) is 0 Å². The Bertz CT molecular complexity index is 462. The second-order valence-corrected chi connectivity index (χ2v) is 4.03. The summed E-state index contributed by atoms with van der Waals surface area (Å²) in [6.45, 7) is 2.87. The van der Waals surface area contributed by atoms with Crippen LogP contribution in [0.4, 0.5) is 0 Å². The Hall–Kier alpha value is -1.29. The second-order valence-electron chi connectivity index (χ2n) is 3.21. The fraction of sp³-hybridized carbons (Fsp3) is 0.182. The molecule has 0 amide bonds.